The summed E-state index contributed by atoms with van der Waals surface area (Å²) in [5.41, 5.74) is 0.614. The summed E-state index contributed by atoms with van der Waals surface area (Å²) in [7, 11) is 0. The topological polar surface area (TPSA) is 33.9 Å². The molecular weight excluding hydrogens is 310 g/mol. The summed E-state index contributed by atoms with van der Waals surface area (Å²) in [6, 6.07) is 0. The van der Waals surface area contributed by atoms with Crippen LogP contribution in [0.15, 0.2) is 0 Å². The van der Waals surface area contributed by atoms with E-state index in [2.05, 4.69) is 13.8 Å². The van der Waals surface area contributed by atoms with E-state index in [1.165, 1.54) is 64.5 Å². The van der Waals surface area contributed by atoms with Gasteiger partial charge in [-0.05, 0) is 74.5 Å². The van der Waals surface area contributed by atoms with Gasteiger partial charge in [0, 0.05) is 18.4 Å². The summed E-state index contributed by atoms with van der Waals surface area (Å²) < 4.78 is 5.97. The number of rotatable bonds is 7. The molecule has 0 aromatic rings. The van der Waals surface area contributed by atoms with E-state index >= 15 is 0 Å². The third kappa shape index (κ3) is 4.42. The summed E-state index contributed by atoms with van der Waals surface area (Å²) in [6.07, 6.45) is 11.3. The Hall–Kier alpha value is -0.120. The maximum absolute atomic E-state index is 10.4. The van der Waals surface area contributed by atoms with Gasteiger partial charge in [0.25, 0.3) is 0 Å². The highest BCUT2D eigenvalue weighted by Crippen LogP contribution is 2.61. The molecule has 3 heteroatoms. The van der Waals surface area contributed by atoms with Gasteiger partial charge in [-0.3, -0.25) is 0 Å². The van der Waals surface area contributed by atoms with Crippen molar-refractivity contribution in [3.05, 3.63) is 0 Å². The molecule has 144 valence electrons. The van der Waals surface area contributed by atoms with Gasteiger partial charge in [0.15, 0.2) is 0 Å². The van der Waals surface area contributed by atoms with Gasteiger partial charge < -0.3 is 14.7 Å². The molecule has 0 unspecified atom stereocenters. The Morgan fingerprint density at radius 1 is 0.960 bits per heavy atom. The van der Waals surface area contributed by atoms with Crippen LogP contribution in [0.3, 0.4) is 0 Å². The third-order valence-corrected chi connectivity index (χ3v) is 7.86. The molecule has 1 heterocycles. The lowest BCUT2D eigenvalue weighted by Gasteiger charge is -2.57. The molecule has 4 bridgehead atoms. The van der Waals surface area contributed by atoms with Crippen LogP contribution in [0, 0.1) is 35.0 Å². The summed E-state index contributed by atoms with van der Waals surface area (Å²) in [6.45, 7) is 9.41. The summed E-state index contributed by atoms with van der Waals surface area (Å²) >= 11 is 0. The van der Waals surface area contributed by atoms with E-state index in [0.717, 1.165) is 42.7 Å². The SMILES string of the molecule is C[C@@H]1C[C@@H](C)C[NH+](C[C@H](O)COCCC23CC4CC(CC(C4)C2)C3)C1. The maximum Gasteiger partial charge on any atom is 0.126 e. The largest absolute Gasteiger partial charge is 0.385 e. The van der Waals surface area contributed by atoms with Crippen LogP contribution in [0.4, 0.5) is 0 Å². The quantitative estimate of drug-likeness (QED) is 0.692. The number of hydrogen-bond donors (Lipinski definition) is 2. The maximum atomic E-state index is 10.4. The standard InChI is InChI=1S/C22H39NO2/c1-16-5-17(2)13-23(12-16)14-21(24)15-25-4-3-22-9-18-6-19(10-22)8-20(7-18)11-22/h16-21,24H,3-15H2,1-2H3/p+1/t16-,17-,18?,19?,20?,21+,22?/m1/s1. The molecule has 0 radical (unpaired) electrons. The van der Waals surface area contributed by atoms with Gasteiger partial charge in [-0.2, -0.15) is 0 Å². The van der Waals surface area contributed by atoms with Gasteiger partial charge in [-0.1, -0.05) is 13.8 Å². The number of nitrogens with one attached hydrogen (secondary N) is 1. The molecule has 0 aromatic carbocycles. The molecule has 2 N–H and O–H groups in total. The van der Waals surface area contributed by atoms with Crippen molar-refractivity contribution in [2.45, 2.75) is 71.3 Å². The number of aliphatic hydroxyl groups excluding tert-OH is 1. The highest BCUT2D eigenvalue weighted by molar-refractivity contribution is 5.01. The van der Waals surface area contributed by atoms with Crippen LogP contribution in [0.1, 0.15) is 65.2 Å². The van der Waals surface area contributed by atoms with Crippen LogP contribution in [0.5, 0.6) is 0 Å². The number of ether oxygens (including phenoxy) is 1. The van der Waals surface area contributed by atoms with Crippen LogP contribution >= 0.6 is 0 Å². The molecule has 1 aliphatic heterocycles. The second-order valence-corrected chi connectivity index (χ2v) is 10.7. The van der Waals surface area contributed by atoms with Crippen LogP contribution in [0.2, 0.25) is 0 Å². The van der Waals surface area contributed by atoms with E-state index in [1.54, 1.807) is 4.90 Å². The molecule has 3 nitrogen and oxygen atoms in total. The molecule has 4 aliphatic carbocycles. The first kappa shape index (κ1) is 18.3. The number of quaternary nitrogens is 1. The molecule has 3 atom stereocenters. The van der Waals surface area contributed by atoms with Crippen molar-refractivity contribution in [1.29, 1.82) is 0 Å². The Morgan fingerprint density at radius 2 is 1.52 bits per heavy atom. The van der Waals surface area contributed by atoms with Crippen molar-refractivity contribution in [3.8, 4) is 0 Å². The van der Waals surface area contributed by atoms with Crippen molar-refractivity contribution in [1.82, 2.24) is 0 Å². The predicted molar refractivity (Wildman–Crippen MR) is 101 cm³/mol. The zero-order valence-corrected chi connectivity index (χ0v) is 16.5. The van der Waals surface area contributed by atoms with E-state index in [9.17, 15) is 5.11 Å². The Labute approximate surface area is 154 Å². The smallest absolute Gasteiger partial charge is 0.126 e. The highest BCUT2D eigenvalue weighted by atomic mass is 16.5. The zero-order chi connectivity index (χ0) is 17.4. The minimum atomic E-state index is -0.288. The molecular formula is C22H40NO2+. The van der Waals surface area contributed by atoms with Crippen LogP contribution < -0.4 is 4.90 Å². The van der Waals surface area contributed by atoms with E-state index in [0.29, 0.717) is 12.0 Å². The van der Waals surface area contributed by atoms with E-state index < -0.39 is 0 Å². The first-order valence-electron chi connectivity index (χ1n) is 11.1. The zero-order valence-electron chi connectivity index (χ0n) is 16.5. The van der Waals surface area contributed by atoms with Crippen LogP contribution in [-0.4, -0.2) is 44.1 Å². The molecule has 25 heavy (non-hydrogen) atoms. The second-order valence-electron chi connectivity index (χ2n) is 10.7. The molecule has 0 amide bonds. The minimum Gasteiger partial charge on any atom is -0.385 e. The van der Waals surface area contributed by atoms with Crippen molar-refractivity contribution < 1.29 is 14.7 Å². The fourth-order valence-electron chi connectivity index (χ4n) is 7.59. The lowest BCUT2D eigenvalue weighted by atomic mass is 9.49. The predicted octanol–water partition coefficient (Wildman–Crippen LogP) is 2.53. The van der Waals surface area contributed by atoms with Gasteiger partial charge >= 0.3 is 0 Å². The van der Waals surface area contributed by atoms with Gasteiger partial charge in [0.2, 0.25) is 0 Å². The highest BCUT2D eigenvalue weighted by Gasteiger charge is 2.50. The average Bonchev–Trinajstić information content (AvgIpc) is 2.49. The van der Waals surface area contributed by atoms with Crippen molar-refractivity contribution in [2.24, 2.45) is 35.0 Å². The summed E-state index contributed by atoms with van der Waals surface area (Å²) in [5.74, 6) is 4.68. The van der Waals surface area contributed by atoms with Gasteiger partial charge in [-0.15, -0.1) is 0 Å². The monoisotopic (exact) mass is 350 g/mol. The van der Waals surface area contributed by atoms with E-state index in [-0.39, 0.29) is 6.10 Å². The molecule has 5 aliphatic rings. The van der Waals surface area contributed by atoms with E-state index in [1.807, 2.05) is 0 Å². The van der Waals surface area contributed by atoms with Crippen LogP contribution in [0.25, 0.3) is 0 Å². The Bertz CT molecular complexity index is 406. The van der Waals surface area contributed by atoms with Gasteiger partial charge in [-0.25, -0.2) is 0 Å². The fraction of sp³-hybridized carbons (Fsp3) is 1.00. The molecule has 1 saturated heterocycles. The Kier molecular flexibility index (Phi) is 5.46. The lowest BCUT2D eigenvalue weighted by Crippen LogP contribution is -3.15. The second kappa shape index (κ2) is 7.48. The first-order chi connectivity index (χ1) is 12.0. The molecule has 0 spiro atoms. The Morgan fingerprint density at radius 3 is 2.08 bits per heavy atom. The van der Waals surface area contributed by atoms with Crippen molar-refractivity contribution >= 4 is 0 Å². The third-order valence-electron chi connectivity index (χ3n) is 7.86. The molecule has 0 aromatic heterocycles. The molecule has 5 fully saturated rings. The number of likely N-dealkylation sites (tertiary alicyclic amines) is 1. The van der Waals surface area contributed by atoms with Crippen molar-refractivity contribution in [2.75, 3.05) is 32.8 Å². The average molecular weight is 351 g/mol. The lowest BCUT2D eigenvalue weighted by molar-refractivity contribution is -0.915. The first-order valence-corrected chi connectivity index (χ1v) is 11.1. The Balaban J connectivity index is 1.16. The number of piperidine rings is 1. The van der Waals surface area contributed by atoms with Gasteiger partial charge in [0.05, 0.1) is 19.7 Å². The van der Waals surface area contributed by atoms with Gasteiger partial charge in [0.1, 0.15) is 12.6 Å². The van der Waals surface area contributed by atoms with Crippen LogP contribution in [-0.2, 0) is 4.74 Å². The minimum absolute atomic E-state index is 0.288. The number of aliphatic hydroxyl groups is 1. The number of hydrogen-bond acceptors (Lipinski definition) is 2. The summed E-state index contributed by atoms with van der Waals surface area (Å²) in [4.78, 5) is 1.57. The molecule has 5 rings (SSSR count). The van der Waals surface area contributed by atoms with E-state index in [4.69, 9.17) is 4.74 Å². The fourth-order valence-corrected chi connectivity index (χ4v) is 7.59. The summed E-state index contributed by atoms with van der Waals surface area (Å²) in [5, 5.41) is 10.4. The normalized spacial score (nSPS) is 47.2. The molecule has 4 saturated carbocycles. The van der Waals surface area contributed by atoms with Crippen molar-refractivity contribution in [3.63, 3.8) is 0 Å².